The van der Waals surface area contributed by atoms with Crippen molar-refractivity contribution in [2.24, 2.45) is 0 Å². The molecular formula is C14H18N2O. The first-order chi connectivity index (χ1) is 8.16. The maximum absolute atomic E-state index is 11.8. The summed E-state index contributed by atoms with van der Waals surface area (Å²) in [5.74, 6) is 0.0987. The molecule has 17 heavy (non-hydrogen) atoms. The molecule has 1 aromatic carbocycles. The number of carbonyl (C=O) groups is 1. The molecule has 1 aliphatic rings. The van der Waals surface area contributed by atoms with Gasteiger partial charge in [0.1, 0.15) is 0 Å². The van der Waals surface area contributed by atoms with Gasteiger partial charge in [-0.2, -0.15) is 0 Å². The molecule has 2 N–H and O–H groups in total. The summed E-state index contributed by atoms with van der Waals surface area (Å²) in [5, 5.41) is 0. The van der Waals surface area contributed by atoms with Gasteiger partial charge in [0.2, 0.25) is 5.91 Å². The average molecular weight is 230 g/mol. The number of benzene rings is 1. The molecule has 1 aliphatic heterocycles. The quantitative estimate of drug-likeness (QED) is 0.625. The zero-order valence-corrected chi connectivity index (χ0v) is 10.1. The number of hydrogen-bond donors (Lipinski definition) is 1. The highest BCUT2D eigenvalue weighted by Crippen LogP contribution is 2.14. The fraction of sp³-hybridized carbons (Fsp3) is 0.357. The number of nitrogens with zero attached hydrogens (tertiary/aromatic N) is 1. The van der Waals surface area contributed by atoms with Gasteiger partial charge in [-0.25, -0.2) is 0 Å². The maximum Gasteiger partial charge on any atom is 0.246 e. The van der Waals surface area contributed by atoms with Crippen molar-refractivity contribution in [2.75, 3.05) is 18.8 Å². The van der Waals surface area contributed by atoms with E-state index in [9.17, 15) is 4.79 Å². The molecule has 0 spiro atoms. The fourth-order valence-electron chi connectivity index (χ4n) is 1.97. The standard InChI is InChI=1S/C14H18N2O/c1-11-4-5-12(10-13(11)15)6-7-14(17)16-8-2-3-9-16/h4-7,10H,2-3,8-9,15H2,1H3/b7-6+. The minimum Gasteiger partial charge on any atom is -0.398 e. The van der Waals surface area contributed by atoms with Crippen LogP contribution in [0.1, 0.15) is 24.0 Å². The van der Waals surface area contributed by atoms with Crippen molar-refractivity contribution in [2.45, 2.75) is 19.8 Å². The summed E-state index contributed by atoms with van der Waals surface area (Å²) in [5.41, 5.74) is 8.62. The van der Waals surface area contributed by atoms with Crippen LogP contribution in [0.2, 0.25) is 0 Å². The lowest BCUT2D eigenvalue weighted by Gasteiger charge is -2.11. The van der Waals surface area contributed by atoms with Gasteiger partial charge in [-0.05, 0) is 43.0 Å². The van der Waals surface area contributed by atoms with Crippen molar-refractivity contribution >= 4 is 17.7 Å². The highest BCUT2D eigenvalue weighted by atomic mass is 16.2. The number of amides is 1. The van der Waals surface area contributed by atoms with E-state index in [4.69, 9.17) is 5.73 Å². The summed E-state index contributed by atoms with van der Waals surface area (Å²) in [7, 11) is 0. The minimum atomic E-state index is 0.0987. The van der Waals surface area contributed by atoms with Crippen LogP contribution in [-0.4, -0.2) is 23.9 Å². The van der Waals surface area contributed by atoms with E-state index in [0.717, 1.165) is 42.7 Å². The number of nitrogens with two attached hydrogens (primary N) is 1. The molecule has 0 radical (unpaired) electrons. The van der Waals surface area contributed by atoms with Crippen molar-refractivity contribution in [3.63, 3.8) is 0 Å². The fourth-order valence-corrected chi connectivity index (χ4v) is 1.97. The minimum absolute atomic E-state index is 0.0987. The molecule has 0 aliphatic carbocycles. The van der Waals surface area contributed by atoms with Crippen molar-refractivity contribution < 1.29 is 4.79 Å². The van der Waals surface area contributed by atoms with Crippen LogP contribution in [-0.2, 0) is 4.79 Å². The Balaban J connectivity index is 2.04. The molecule has 3 heteroatoms. The topological polar surface area (TPSA) is 46.3 Å². The Bertz CT molecular complexity index is 446. The summed E-state index contributed by atoms with van der Waals surface area (Å²) in [6, 6.07) is 5.83. The van der Waals surface area contributed by atoms with Gasteiger partial charge in [0.25, 0.3) is 0 Å². The van der Waals surface area contributed by atoms with Crippen LogP contribution in [0.25, 0.3) is 6.08 Å². The normalized spacial score (nSPS) is 15.7. The van der Waals surface area contributed by atoms with Crippen molar-refractivity contribution in [3.05, 3.63) is 35.4 Å². The number of hydrogen-bond acceptors (Lipinski definition) is 2. The van der Waals surface area contributed by atoms with Gasteiger partial charge in [-0.1, -0.05) is 12.1 Å². The summed E-state index contributed by atoms with van der Waals surface area (Å²) in [6.07, 6.45) is 5.71. The molecule has 1 saturated heterocycles. The molecule has 1 heterocycles. The zero-order valence-electron chi connectivity index (χ0n) is 10.1. The first kappa shape index (κ1) is 11.7. The summed E-state index contributed by atoms with van der Waals surface area (Å²) in [6.45, 7) is 3.75. The molecule has 1 amide bonds. The van der Waals surface area contributed by atoms with E-state index in [1.54, 1.807) is 6.08 Å². The molecule has 0 atom stereocenters. The highest BCUT2D eigenvalue weighted by Gasteiger charge is 2.14. The highest BCUT2D eigenvalue weighted by molar-refractivity contribution is 5.92. The van der Waals surface area contributed by atoms with Gasteiger partial charge >= 0.3 is 0 Å². The van der Waals surface area contributed by atoms with Gasteiger partial charge in [0.15, 0.2) is 0 Å². The second-order valence-electron chi connectivity index (χ2n) is 4.48. The number of nitrogen functional groups attached to an aromatic ring is 1. The van der Waals surface area contributed by atoms with Crippen molar-refractivity contribution in [3.8, 4) is 0 Å². The predicted molar refractivity (Wildman–Crippen MR) is 70.4 cm³/mol. The van der Waals surface area contributed by atoms with Crippen LogP contribution in [0.4, 0.5) is 5.69 Å². The van der Waals surface area contributed by atoms with Crippen LogP contribution in [0.15, 0.2) is 24.3 Å². The third-order valence-electron chi connectivity index (χ3n) is 3.14. The van der Waals surface area contributed by atoms with Gasteiger partial charge in [0, 0.05) is 24.9 Å². The van der Waals surface area contributed by atoms with E-state index in [1.165, 1.54) is 0 Å². The molecule has 1 fully saturated rings. The summed E-state index contributed by atoms with van der Waals surface area (Å²) < 4.78 is 0. The lowest BCUT2D eigenvalue weighted by atomic mass is 10.1. The monoisotopic (exact) mass is 230 g/mol. The van der Waals surface area contributed by atoms with E-state index < -0.39 is 0 Å². The molecule has 0 unspecified atom stereocenters. The van der Waals surface area contributed by atoms with Crippen LogP contribution in [0.5, 0.6) is 0 Å². The molecule has 0 bridgehead atoms. The Morgan fingerprint density at radius 3 is 2.71 bits per heavy atom. The largest absolute Gasteiger partial charge is 0.398 e. The Morgan fingerprint density at radius 1 is 1.35 bits per heavy atom. The van der Waals surface area contributed by atoms with Crippen LogP contribution >= 0.6 is 0 Å². The first-order valence-electron chi connectivity index (χ1n) is 6.00. The van der Waals surface area contributed by atoms with Gasteiger partial charge in [-0.3, -0.25) is 4.79 Å². The zero-order chi connectivity index (χ0) is 12.3. The molecule has 3 nitrogen and oxygen atoms in total. The molecule has 90 valence electrons. The van der Waals surface area contributed by atoms with Crippen LogP contribution < -0.4 is 5.73 Å². The summed E-state index contributed by atoms with van der Waals surface area (Å²) in [4.78, 5) is 13.7. The van der Waals surface area contributed by atoms with E-state index in [1.807, 2.05) is 36.1 Å². The van der Waals surface area contributed by atoms with E-state index in [2.05, 4.69) is 0 Å². The number of likely N-dealkylation sites (tertiary alicyclic amines) is 1. The van der Waals surface area contributed by atoms with Crippen LogP contribution in [0, 0.1) is 6.92 Å². The number of carbonyl (C=O) groups excluding carboxylic acids is 1. The molecular weight excluding hydrogens is 212 g/mol. The third-order valence-corrected chi connectivity index (χ3v) is 3.14. The number of aryl methyl sites for hydroxylation is 1. The lowest BCUT2D eigenvalue weighted by molar-refractivity contribution is -0.124. The SMILES string of the molecule is Cc1ccc(/C=C/C(=O)N2CCCC2)cc1N. The Labute approximate surface area is 102 Å². The number of rotatable bonds is 2. The predicted octanol–water partition coefficient (Wildman–Crippen LogP) is 2.21. The molecule has 1 aromatic rings. The molecule has 0 saturated carbocycles. The Hall–Kier alpha value is -1.77. The van der Waals surface area contributed by atoms with Gasteiger partial charge in [-0.15, -0.1) is 0 Å². The second-order valence-corrected chi connectivity index (χ2v) is 4.48. The first-order valence-corrected chi connectivity index (χ1v) is 6.00. The van der Waals surface area contributed by atoms with Gasteiger partial charge < -0.3 is 10.6 Å². The third kappa shape index (κ3) is 2.87. The smallest absolute Gasteiger partial charge is 0.246 e. The van der Waals surface area contributed by atoms with Crippen molar-refractivity contribution in [1.29, 1.82) is 0 Å². The van der Waals surface area contributed by atoms with E-state index in [0.29, 0.717) is 0 Å². The summed E-state index contributed by atoms with van der Waals surface area (Å²) >= 11 is 0. The van der Waals surface area contributed by atoms with E-state index in [-0.39, 0.29) is 5.91 Å². The Kier molecular flexibility index (Phi) is 3.47. The lowest BCUT2D eigenvalue weighted by Crippen LogP contribution is -2.25. The average Bonchev–Trinajstić information content (AvgIpc) is 2.84. The second kappa shape index (κ2) is 5.04. The molecule has 0 aromatic heterocycles. The molecule has 2 rings (SSSR count). The van der Waals surface area contributed by atoms with Crippen molar-refractivity contribution in [1.82, 2.24) is 4.90 Å². The van der Waals surface area contributed by atoms with E-state index >= 15 is 0 Å². The van der Waals surface area contributed by atoms with Crippen LogP contribution in [0.3, 0.4) is 0 Å². The Morgan fingerprint density at radius 2 is 2.06 bits per heavy atom. The number of anilines is 1. The maximum atomic E-state index is 11.8. The van der Waals surface area contributed by atoms with Gasteiger partial charge in [0.05, 0.1) is 0 Å².